The molecule has 1 N–H and O–H groups in total. The third-order valence-corrected chi connectivity index (χ3v) is 9.35. The van der Waals surface area contributed by atoms with E-state index in [-0.39, 0.29) is 5.97 Å². The Morgan fingerprint density at radius 2 is 1.82 bits per heavy atom. The summed E-state index contributed by atoms with van der Waals surface area (Å²) in [6, 6.07) is 8.54. The molecule has 0 atom stereocenters. The molecule has 0 bridgehead atoms. The number of hydrogen-bond acceptors (Lipinski definition) is 7. The van der Waals surface area contributed by atoms with Gasteiger partial charge >= 0.3 is 5.97 Å². The number of nitrogens with zero attached hydrogens (tertiary/aromatic N) is 6. The van der Waals surface area contributed by atoms with Gasteiger partial charge in [0.25, 0.3) is 0 Å². The number of esters is 1. The number of aromatic nitrogens is 4. The Labute approximate surface area is 264 Å². The second kappa shape index (κ2) is 15.8. The van der Waals surface area contributed by atoms with Crippen LogP contribution in [-0.4, -0.2) is 86.1 Å². The summed E-state index contributed by atoms with van der Waals surface area (Å²) in [5, 5.41) is 0. The summed E-state index contributed by atoms with van der Waals surface area (Å²) in [6.45, 7) is 17.6. The first-order chi connectivity index (χ1) is 21.4. The van der Waals surface area contributed by atoms with E-state index < -0.39 is 0 Å². The molecule has 0 amide bonds. The van der Waals surface area contributed by atoms with E-state index in [2.05, 4.69) is 73.5 Å². The van der Waals surface area contributed by atoms with Crippen LogP contribution in [0, 0.1) is 11.3 Å². The van der Waals surface area contributed by atoms with Crippen LogP contribution >= 0.6 is 0 Å². The van der Waals surface area contributed by atoms with Gasteiger partial charge in [0, 0.05) is 57.4 Å². The van der Waals surface area contributed by atoms with E-state index >= 15 is 0 Å². The summed E-state index contributed by atoms with van der Waals surface area (Å²) in [5.41, 5.74) is 2.92. The first kappa shape index (κ1) is 32.4. The van der Waals surface area contributed by atoms with Gasteiger partial charge in [0.1, 0.15) is 11.6 Å². The van der Waals surface area contributed by atoms with Gasteiger partial charge in [-0.25, -0.2) is 9.97 Å². The smallest absolute Gasteiger partial charge is 0.306 e. The summed E-state index contributed by atoms with van der Waals surface area (Å²) in [4.78, 5) is 32.2. The van der Waals surface area contributed by atoms with Gasteiger partial charge in [-0.2, -0.15) is 0 Å². The molecule has 4 heterocycles. The fourth-order valence-electron chi connectivity index (χ4n) is 7.10. The van der Waals surface area contributed by atoms with Crippen LogP contribution in [0.1, 0.15) is 75.7 Å². The molecular formula is C35H53N7O2. The number of aryl methyl sites for hydroxylation is 2. The molecule has 2 aliphatic heterocycles. The van der Waals surface area contributed by atoms with Gasteiger partial charge in [-0.3, -0.25) is 9.69 Å². The van der Waals surface area contributed by atoms with Gasteiger partial charge in [0.15, 0.2) is 0 Å². The summed E-state index contributed by atoms with van der Waals surface area (Å²) >= 11 is 0. The first-order valence-corrected chi connectivity index (χ1v) is 16.8. The maximum Gasteiger partial charge on any atom is 0.306 e. The van der Waals surface area contributed by atoms with Gasteiger partial charge < -0.3 is 24.1 Å². The summed E-state index contributed by atoms with van der Waals surface area (Å²) in [5.74, 6) is 2.65. The van der Waals surface area contributed by atoms with Crippen LogP contribution in [0.4, 0.5) is 0 Å². The number of carbonyl (C=O) groups excluding carboxylic acids is 1. The minimum atomic E-state index is -0.143. The molecular weight excluding hydrogens is 550 g/mol. The average molecular weight is 604 g/mol. The van der Waals surface area contributed by atoms with Crippen molar-refractivity contribution in [2.24, 2.45) is 11.3 Å². The van der Waals surface area contributed by atoms with Crippen molar-refractivity contribution in [1.29, 1.82) is 0 Å². The highest BCUT2D eigenvalue weighted by Gasteiger charge is 2.40. The third kappa shape index (κ3) is 9.49. The zero-order valence-corrected chi connectivity index (χ0v) is 27.2. The number of imidazole rings is 2. The Hall–Kier alpha value is -3.01. The van der Waals surface area contributed by atoms with Crippen LogP contribution in [0.25, 0.3) is 0 Å². The molecule has 3 aromatic rings. The fourth-order valence-corrected chi connectivity index (χ4v) is 7.10. The number of rotatable bonds is 16. The summed E-state index contributed by atoms with van der Waals surface area (Å²) in [7, 11) is 0. The zero-order valence-electron chi connectivity index (χ0n) is 27.2. The van der Waals surface area contributed by atoms with E-state index in [0.29, 0.717) is 31.4 Å². The van der Waals surface area contributed by atoms with Crippen LogP contribution in [0.2, 0.25) is 0 Å². The average Bonchev–Trinajstić information content (AvgIpc) is 3.77. The Kier molecular flexibility index (Phi) is 11.6. The minimum Gasteiger partial charge on any atom is -0.466 e. The molecule has 2 saturated heterocycles. The molecule has 2 aliphatic rings. The number of aromatic amines is 1. The van der Waals surface area contributed by atoms with Crippen molar-refractivity contribution in [3.8, 4) is 0 Å². The summed E-state index contributed by atoms with van der Waals surface area (Å²) < 4.78 is 7.45. The Bertz CT molecular complexity index is 1280. The quantitative estimate of drug-likeness (QED) is 0.227. The molecule has 0 unspecified atom stereocenters. The highest BCUT2D eigenvalue weighted by atomic mass is 16.5. The van der Waals surface area contributed by atoms with E-state index in [4.69, 9.17) is 9.72 Å². The van der Waals surface area contributed by atoms with Crippen LogP contribution in [0.3, 0.4) is 0 Å². The predicted octanol–water partition coefficient (Wildman–Crippen LogP) is 5.14. The van der Waals surface area contributed by atoms with Gasteiger partial charge in [0.05, 0.1) is 19.7 Å². The summed E-state index contributed by atoms with van der Waals surface area (Å²) in [6.07, 6.45) is 14.1. The van der Waals surface area contributed by atoms with E-state index in [9.17, 15) is 4.79 Å². The maximum absolute atomic E-state index is 11.9. The van der Waals surface area contributed by atoms with Gasteiger partial charge in [0.2, 0.25) is 0 Å². The lowest BCUT2D eigenvalue weighted by Gasteiger charge is -2.40. The number of ether oxygens (including phenoxy) is 1. The molecule has 2 aromatic heterocycles. The Balaban J connectivity index is 1.13. The van der Waals surface area contributed by atoms with Gasteiger partial charge in [-0.1, -0.05) is 38.1 Å². The second-order valence-corrected chi connectivity index (χ2v) is 13.4. The molecule has 1 aromatic carbocycles. The van der Waals surface area contributed by atoms with Crippen molar-refractivity contribution in [3.63, 3.8) is 0 Å². The molecule has 1 spiro atoms. The van der Waals surface area contributed by atoms with E-state index in [1.54, 1.807) is 0 Å². The Morgan fingerprint density at radius 1 is 1.02 bits per heavy atom. The van der Waals surface area contributed by atoms with Crippen molar-refractivity contribution in [2.75, 3.05) is 45.9 Å². The second-order valence-electron chi connectivity index (χ2n) is 13.4. The molecule has 0 saturated carbocycles. The standard InChI is InChI=1S/C35H53N7O2/c1-4-44-34(43)10-9-30-7-5-8-31(23-30)25-41(26-32-36-14-15-37-32)27-33-38-16-22-42(33)18-6-17-40-21-13-35(28-40)11-19-39(20-12-35)24-29(2)3/h5,7-8,14-16,22-23,29H,4,6,9-13,17-21,24-28H2,1-3H3,(H,36,37). The number of benzene rings is 1. The van der Waals surface area contributed by atoms with Crippen LogP contribution in [-0.2, 0) is 42.1 Å². The van der Waals surface area contributed by atoms with Crippen molar-refractivity contribution in [3.05, 3.63) is 71.8 Å². The molecule has 0 aliphatic carbocycles. The zero-order chi connectivity index (χ0) is 30.8. The molecule has 2 fully saturated rings. The monoisotopic (exact) mass is 603 g/mol. The lowest BCUT2D eigenvalue weighted by molar-refractivity contribution is -0.143. The largest absolute Gasteiger partial charge is 0.466 e. The van der Waals surface area contributed by atoms with E-state index in [1.165, 1.54) is 57.5 Å². The number of carbonyl (C=O) groups is 1. The lowest BCUT2D eigenvalue weighted by atomic mass is 9.77. The minimum absolute atomic E-state index is 0.143. The molecule has 44 heavy (non-hydrogen) atoms. The topological polar surface area (TPSA) is 82.5 Å². The van der Waals surface area contributed by atoms with Crippen LogP contribution < -0.4 is 0 Å². The SMILES string of the molecule is CCOC(=O)CCc1cccc(CN(Cc2ncc[nH]2)Cc2nccn2CCCN2CCC3(CCN(CC(C)C)CC3)C2)c1. The molecule has 9 nitrogen and oxygen atoms in total. The molecule has 0 radical (unpaired) electrons. The fraction of sp³-hybridized carbons (Fsp3) is 0.629. The van der Waals surface area contributed by atoms with Crippen molar-refractivity contribution < 1.29 is 9.53 Å². The number of nitrogens with one attached hydrogen (secondary N) is 1. The van der Waals surface area contributed by atoms with Crippen molar-refractivity contribution in [2.45, 2.75) is 85.5 Å². The predicted molar refractivity (Wildman–Crippen MR) is 174 cm³/mol. The highest BCUT2D eigenvalue weighted by molar-refractivity contribution is 5.69. The van der Waals surface area contributed by atoms with Gasteiger partial charge in [-0.15, -0.1) is 0 Å². The normalized spacial score (nSPS) is 17.3. The number of H-pyrrole nitrogens is 1. The van der Waals surface area contributed by atoms with E-state index in [1.807, 2.05) is 25.5 Å². The van der Waals surface area contributed by atoms with Crippen LogP contribution in [0.15, 0.2) is 49.1 Å². The number of likely N-dealkylation sites (tertiary alicyclic amines) is 2. The highest BCUT2D eigenvalue weighted by Crippen LogP contribution is 2.40. The van der Waals surface area contributed by atoms with Crippen molar-refractivity contribution in [1.82, 2.24) is 34.2 Å². The molecule has 9 heteroatoms. The Morgan fingerprint density at radius 3 is 2.57 bits per heavy atom. The number of piperidine rings is 1. The van der Waals surface area contributed by atoms with E-state index in [0.717, 1.165) is 55.7 Å². The molecule has 240 valence electrons. The van der Waals surface area contributed by atoms with Gasteiger partial charge in [-0.05, 0) is 87.7 Å². The third-order valence-electron chi connectivity index (χ3n) is 9.35. The first-order valence-electron chi connectivity index (χ1n) is 16.8. The lowest BCUT2D eigenvalue weighted by Crippen LogP contribution is -2.42. The van der Waals surface area contributed by atoms with Crippen molar-refractivity contribution >= 4 is 5.97 Å². The maximum atomic E-state index is 11.9. The van der Waals surface area contributed by atoms with Crippen LogP contribution in [0.5, 0.6) is 0 Å². The number of hydrogen-bond donors (Lipinski definition) is 1. The molecule has 5 rings (SSSR count).